The number of oxazole rings is 1. The van der Waals surface area contributed by atoms with Gasteiger partial charge in [-0.3, -0.25) is 4.79 Å². The molecule has 5 rings (SSSR count). The number of nitrogens with zero attached hydrogens (tertiary/aromatic N) is 2. The Kier molecular flexibility index (Phi) is 5.76. The fourth-order valence-corrected chi connectivity index (χ4v) is 5.05. The van der Waals surface area contributed by atoms with Gasteiger partial charge in [-0.25, -0.2) is 9.97 Å². The molecule has 0 spiro atoms. The Labute approximate surface area is 190 Å². The lowest BCUT2D eigenvalue weighted by Gasteiger charge is -2.23. The summed E-state index contributed by atoms with van der Waals surface area (Å²) in [5, 5.41) is 5.24. The molecular weight excluding hydrogens is 422 g/mol. The van der Waals surface area contributed by atoms with Crippen LogP contribution in [0.5, 0.6) is 0 Å². The minimum atomic E-state index is -0.109. The number of ether oxygens (including phenoxy) is 1. The van der Waals surface area contributed by atoms with E-state index in [9.17, 15) is 4.79 Å². The highest BCUT2D eigenvalue weighted by molar-refractivity contribution is 7.17. The molecule has 4 aromatic rings. The predicted octanol–water partition coefficient (Wildman–Crippen LogP) is 5.07. The number of fused-ring (bicyclic) bond motifs is 1. The maximum atomic E-state index is 13.0. The van der Waals surface area contributed by atoms with Crippen LogP contribution in [-0.2, 0) is 11.2 Å². The highest BCUT2D eigenvalue weighted by atomic mass is 32.1. The maximum absolute atomic E-state index is 13.0. The molecule has 6 nitrogen and oxygen atoms in total. The van der Waals surface area contributed by atoms with Crippen LogP contribution in [-0.4, -0.2) is 35.1 Å². The van der Waals surface area contributed by atoms with Crippen molar-refractivity contribution in [3.63, 3.8) is 0 Å². The molecule has 1 N–H and O–H groups in total. The molecule has 0 aliphatic carbocycles. The molecule has 4 heterocycles. The first-order valence-electron chi connectivity index (χ1n) is 10.8. The highest BCUT2D eigenvalue weighted by Gasteiger charge is 2.20. The van der Waals surface area contributed by atoms with Crippen molar-refractivity contribution in [1.29, 1.82) is 0 Å². The van der Waals surface area contributed by atoms with Gasteiger partial charge in [-0.15, -0.1) is 11.3 Å². The van der Waals surface area contributed by atoms with Gasteiger partial charge in [0.25, 0.3) is 5.91 Å². The third-order valence-electron chi connectivity index (χ3n) is 5.83. The third-order valence-corrected chi connectivity index (χ3v) is 6.99. The Morgan fingerprint density at radius 2 is 1.94 bits per heavy atom. The number of benzene rings is 1. The molecular formula is C25H25N3O3S. The number of aryl methyl sites for hydroxylation is 2. The SMILES string of the molecule is Cc1nc(-c2ccc(Cc3cc(C(=O)NC4CCOCC4)nc4c(C)csc34)cc2)co1. The van der Waals surface area contributed by atoms with Crippen molar-refractivity contribution in [2.75, 3.05) is 13.2 Å². The zero-order valence-corrected chi connectivity index (χ0v) is 19.0. The largest absolute Gasteiger partial charge is 0.449 e. The summed E-state index contributed by atoms with van der Waals surface area (Å²) in [4.78, 5) is 22.1. The van der Waals surface area contributed by atoms with Gasteiger partial charge in [0.2, 0.25) is 0 Å². The van der Waals surface area contributed by atoms with Gasteiger partial charge in [0.1, 0.15) is 17.7 Å². The smallest absolute Gasteiger partial charge is 0.270 e. The summed E-state index contributed by atoms with van der Waals surface area (Å²) in [6.45, 7) is 5.27. The van der Waals surface area contributed by atoms with Gasteiger partial charge in [0, 0.05) is 31.7 Å². The monoisotopic (exact) mass is 447 g/mol. The van der Waals surface area contributed by atoms with E-state index >= 15 is 0 Å². The molecule has 0 saturated carbocycles. The normalized spacial score (nSPS) is 14.7. The molecule has 0 atom stereocenters. The quantitative estimate of drug-likeness (QED) is 0.462. The zero-order chi connectivity index (χ0) is 22.1. The summed E-state index contributed by atoms with van der Waals surface area (Å²) < 4.78 is 11.9. The fourth-order valence-electron chi connectivity index (χ4n) is 4.05. The average Bonchev–Trinajstić information content (AvgIpc) is 3.41. The topological polar surface area (TPSA) is 77.2 Å². The van der Waals surface area contributed by atoms with Crippen LogP contribution in [0.3, 0.4) is 0 Å². The summed E-state index contributed by atoms with van der Waals surface area (Å²) in [6.07, 6.45) is 4.09. The minimum Gasteiger partial charge on any atom is -0.449 e. The number of carbonyl (C=O) groups is 1. The number of rotatable bonds is 5. The van der Waals surface area contributed by atoms with E-state index < -0.39 is 0 Å². The van der Waals surface area contributed by atoms with Crippen LogP contribution in [0, 0.1) is 13.8 Å². The lowest BCUT2D eigenvalue weighted by Crippen LogP contribution is -2.39. The molecule has 0 bridgehead atoms. The molecule has 7 heteroatoms. The van der Waals surface area contributed by atoms with Gasteiger partial charge in [-0.1, -0.05) is 24.3 Å². The molecule has 1 saturated heterocycles. The lowest BCUT2D eigenvalue weighted by molar-refractivity contribution is 0.0694. The molecule has 1 aliphatic rings. The molecule has 1 aliphatic heterocycles. The first-order chi connectivity index (χ1) is 15.6. The van der Waals surface area contributed by atoms with E-state index in [4.69, 9.17) is 14.1 Å². The number of hydrogen-bond acceptors (Lipinski definition) is 6. The molecule has 0 unspecified atom stereocenters. The maximum Gasteiger partial charge on any atom is 0.270 e. The second-order valence-electron chi connectivity index (χ2n) is 8.25. The Bertz CT molecular complexity index is 1250. The van der Waals surface area contributed by atoms with Crippen molar-refractivity contribution >= 4 is 27.5 Å². The van der Waals surface area contributed by atoms with Crippen molar-refractivity contribution in [3.05, 3.63) is 70.3 Å². The van der Waals surface area contributed by atoms with Gasteiger partial charge >= 0.3 is 0 Å². The van der Waals surface area contributed by atoms with Crippen molar-refractivity contribution in [2.24, 2.45) is 0 Å². The van der Waals surface area contributed by atoms with Crippen LogP contribution >= 0.6 is 11.3 Å². The van der Waals surface area contributed by atoms with Gasteiger partial charge < -0.3 is 14.5 Å². The van der Waals surface area contributed by atoms with Crippen LogP contribution in [0.15, 0.2) is 46.4 Å². The Morgan fingerprint density at radius 1 is 1.16 bits per heavy atom. The predicted molar refractivity (Wildman–Crippen MR) is 125 cm³/mol. The van der Waals surface area contributed by atoms with Crippen LogP contribution in [0.2, 0.25) is 0 Å². The standard InChI is InChI=1S/C25H25N3O3S/c1-15-14-32-24-19(11-17-3-5-18(6-4-17)22-13-31-16(2)26-22)12-21(28-23(15)24)25(29)27-20-7-9-30-10-8-20/h3-6,12-14,20H,7-11H2,1-2H3,(H,27,29). The molecule has 3 aromatic heterocycles. The second kappa shape index (κ2) is 8.84. The van der Waals surface area contributed by atoms with Crippen LogP contribution in [0.4, 0.5) is 0 Å². The second-order valence-corrected chi connectivity index (χ2v) is 9.13. The van der Waals surface area contributed by atoms with E-state index in [2.05, 4.69) is 39.9 Å². The lowest BCUT2D eigenvalue weighted by atomic mass is 10.0. The number of pyridine rings is 1. The fraction of sp³-hybridized carbons (Fsp3) is 0.320. The van der Waals surface area contributed by atoms with Crippen molar-refractivity contribution < 1.29 is 13.9 Å². The summed E-state index contributed by atoms with van der Waals surface area (Å²) >= 11 is 1.69. The molecule has 1 amide bonds. The van der Waals surface area contributed by atoms with E-state index in [-0.39, 0.29) is 11.9 Å². The van der Waals surface area contributed by atoms with Crippen LogP contribution in [0.1, 0.15) is 45.9 Å². The van der Waals surface area contributed by atoms with Gasteiger partial charge in [-0.2, -0.15) is 0 Å². The van der Waals surface area contributed by atoms with Gasteiger partial charge in [-0.05, 0) is 54.3 Å². The Hall–Kier alpha value is -3.03. The first kappa shape index (κ1) is 20.8. The number of hydrogen-bond donors (Lipinski definition) is 1. The third kappa shape index (κ3) is 4.31. The van der Waals surface area contributed by atoms with E-state index in [0.29, 0.717) is 24.8 Å². The van der Waals surface area contributed by atoms with Gasteiger partial charge in [0.05, 0.1) is 10.2 Å². The number of nitrogens with one attached hydrogen (secondary N) is 1. The molecule has 32 heavy (non-hydrogen) atoms. The number of carbonyl (C=O) groups excluding carboxylic acids is 1. The number of amides is 1. The summed E-state index contributed by atoms with van der Waals surface area (Å²) in [7, 11) is 0. The van der Waals surface area contributed by atoms with Gasteiger partial charge in [0.15, 0.2) is 5.89 Å². The molecule has 1 aromatic carbocycles. The first-order valence-corrected chi connectivity index (χ1v) is 11.7. The summed E-state index contributed by atoms with van der Waals surface area (Å²) in [5.41, 5.74) is 6.65. The van der Waals surface area contributed by atoms with Crippen molar-refractivity contribution in [3.8, 4) is 11.3 Å². The van der Waals surface area contributed by atoms with Crippen LogP contribution in [0.25, 0.3) is 21.5 Å². The molecule has 164 valence electrons. The van der Waals surface area contributed by atoms with Crippen molar-refractivity contribution in [2.45, 2.75) is 39.2 Å². The van der Waals surface area contributed by atoms with Crippen molar-refractivity contribution in [1.82, 2.24) is 15.3 Å². The van der Waals surface area contributed by atoms with E-state index in [1.54, 1.807) is 17.6 Å². The Balaban J connectivity index is 1.42. The average molecular weight is 448 g/mol. The molecule has 0 radical (unpaired) electrons. The number of aromatic nitrogens is 2. The number of thiophene rings is 1. The van der Waals surface area contributed by atoms with E-state index in [0.717, 1.165) is 51.9 Å². The summed E-state index contributed by atoms with van der Waals surface area (Å²) in [6, 6.07) is 10.4. The summed E-state index contributed by atoms with van der Waals surface area (Å²) in [5.74, 6) is 0.547. The zero-order valence-electron chi connectivity index (χ0n) is 18.2. The minimum absolute atomic E-state index is 0.109. The van der Waals surface area contributed by atoms with E-state index in [1.165, 1.54) is 5.56 Å². The van der Waals surface area contributed by atoms with Crippen LogP contribution < -0.4 is 5.32 Å². The Morgan fingerprint density at radius 3 is 2.66 bits per heavy atom. The highest BCUT2D eigenvalue weighted by Crippen LogP contribution is 2.30. The van der Waals surface area contributed by atoms with E-state index in [1.807, 2.05) is 19.9 Å². The molecule has 1 fully saturated rings.